The predicted molar refractivity (Wildman–Crippen MR) is 133 cm³/mol. The summed E-state index contributed by atoms with van der Waals surface area (Å²) >= 11 is 1.62. The number of hydrogen-bond donors (Lipinski definition) is 1. The lowest BCUT2D eigenvalue weighted by Gasteiger charge is -2.34. The quantitative estimate of drug-likeness (QED) is 0.494. The fraction of sp³-hybridized carbons (Fsp3) is 0.417. The van der Waals surface area contributed by atoms with Gasteiger partial charge in [0.2, 0.25) is 0 Å². The first kappa shape index (κ1) is 23.9. The Balaban J connectivity index is 1.32. The number of methoxy groups -OCH3 is 4. The highest BCUT2D eigenvalue weighted by Gasteiger charge is 2.22. The summed E-state index contributed by atoms with van der Waals surface area (Å²) in [5.74, 6) is 2.37. The molecule has 3 aromatic rings. The summed E-state index contributed by atoms with van der Waals surface area (Å²) in [5, 5.41) is 3.96. The molecule has 0 radical (unpaired) electrons. The smallest absolute Gasteiger partial charge is 0.255 e. The zero-order valence-electron chi connectivity index (χ0n) is 19.9. The van der Waals surface area contributed by atoms with Crippen molar-refractivity contribution in [3.8, 4) is 23.0 Å². The fourth-order valence-electron chi connectivity index (χ4n) is 4.06. The minimum atomic E-state index is -0.174. The number of hydrogen-bond acceptors (Lipinski definition) is 9. The van der Waals surface area contributed by atoms with Gasteiger partial charge in [-0.05, 0) is 24.3 Å². The van der Waals surface area contributed by atoms with E-state index in [1.165, 1.54) is 7.11 Å². The van der Waals surface area contributed by atoms with E-state index in [0.29, 0.717) is 23.6 Å². The number of rotatable bonds is 9. The number of ether oxygens (including phenoxy) is 4. The fourth-order valence-corrected chi connectivity index (χ4v) is 5.19. The maximum atomic E-state index is 12.7. The van der Waals surface area contributed by atoms with E-state index < -0.39 is 0 Å². The molecule has 1 amide bonds. The molecule has 182 valence electrons. The molecule has 1 aliphatic heterocycles. The summed E-state index contributed by atoms with van der Waals surface area (Å²) < 4.78 is 22.6. The standard InChI is InChI=1S/C24H30N4O5S/c1-30-17-8-9-19(32-3)22-20(17)26-24(34-22)28-14-12-27(13-15-28)11-10-25-23(29)16-6-5-7-18(31-2)21(16)33-4/h5-9H,10-15H2,1-4H3,(H,25,29). The highest BCUT2D eigenvalue weighted by molar-refractivity contribution is 7.22. The van der Waals surface area contributed by atoms with Crippen molar-refractivity contribution in [2.75, 3.05) is 72.6 Å². The minimum absolute atomic E-state index is 0.174. The number of carbonyl (C=O) groups is 1. The Hall–Kier alpha value is -3.24. The topological polar surface area (TPSA) is 85.4 Å². The second kappa shape index (κ2) is 10.8. The van der Waals surface area contributed by atoms with Crippen LogP contribution in [0.15, 0.2) is 30.3 Å². The molecular weight excluding hydrogens is 456 g/mol. The van der Waals surface area contributed by atoms with Crippen LogP contribution >= 0.6 is 11.3 Å². The van der Waals surface area contributed by atoms with Crippen molar-refractivity contribution < 1.29 is 23.7 Å². The number of nitrogens with one attached hydrogen (secondary N) is 1. The molecule has 1 saturated heterocycles. The number of para-hydroxylation sites is 1. The summed E-state index contributed by atoms with van der Waals surface area (Å²) in [5.41, 5.74) is 1.30. The van der Waals surface area contributed by atoms with Gasteiger partial charge in [0, 0.05) is 39.3 Å². The Morgan fingerprint density at radius 1 is 0.941 bits per heavy atom. The maximum absolute atomic E-state index is 12.7. The Morgan fingerprint density at radius 2 is 1.65 bits per heavy atom. The van der Waals surface area contributed by atoms with Crippen LogP contribution in [0.1, 0.15) is 10.4 Å². The summed E-state index contributed by atoms with van der Waals surface area (Å²) in [6.45, 7) is 4.83. The van der Waals surface area contributed by atoms with E-state index in [-0.39, 0.29) is 5.91 Å². The molecule has 0 spiro atoms. The first-order valence-corrected chi connectivity index (χ1v) is 11.9. The lowest BCUT2D eigenvalue weighted by Crippen LogP contribution is -2.48. The van der Waals surface area contributed by atoms with Gasteiger partial charge in [0.05, 0.1) is 34.0 Å². The van der Waals surface area contributed by atoms with Crippen molar-refractivity contribution in [3.63, 3.8) is 0 Å². The van der Waals surface area contributed by atoms with Crippen LogP contribution in [0.2, 0.25) is 0 Å². The molecule has 9 nitrogen and oxygen atoms in total. The molecule has 1 aliphatic rings. The third kappa shape index (κ3) is 4.83. The molecule has 0 unspecified atom stereocenters. The number of carbonyl (C=O) groups excluding carboxylic acids is 1. The second-order valence-corrected chi connectivity index (χ2v) is 8.75. The molecule has 1 N–H and O–H groups in total. The van der Waals surface area contributed by atoms with Crippen LogP contribution in [-0.4, -0.2) is 83.5 Å². The lowest BCUT2D eigenvalue weighted by atomic mass is 10.1. The third-order valence-corrected chi connectivity index (χ3v) is 7.03. The average molecular weight is 487 g/mol. The minimum Gasteiger partial charge on any atom is -0.495 e. The number of fused-ring (bicyclic) bond motifs is 1. The summed E-state index contributed by atoms with van der Waals surface area (Å²) in [6, 6.07) is 9.08. The zero-order chi connectivity index (χ0) is 24.1. The van der Waals surface area contributed by atoms with Crippen molar-refractivity contribution in [3.05, 3.63) is 35.9 Å². The molecular formula is C24H30N4O5S. The Kier molecular flexibility index (Phi) is 7.59. The first-order valence-electron chi connectivity index (χ1n) is 11.1. The van der Waals surface area contributed by atoms with Crippen molar-refractivity contribution in [1.29, 1.82) is 0 Å². The van der Waals surface area contributed by atoms with Gasteiger partial charge in [-0.1, -0.05) is 17.4 Å². The Labute approximate surface area is 203 Å². The van der Waals surface area contributed by atoms with Gasteiger partial charge in [-0.3, -0.25) is 9.69 Å². The molecule has 4 rings (SSSR count). The molecule has 34 heavy (non-hydrogen) atoms. The SMILES string of the molecule is COc1cccc(C(=O)NCCN2CCN(c3nc4c(OC)ccc(OC)c4s3)CC2)c1OC. The van der Waals surface area contributed by atoms with E-state index >= 15 is 0 Å². The van der Waals surface area contributed by atoms with Gasteiger partial charge in [0.25, 0.3) is 5.91 Å². The molecule has 2 heterocycles. The van der Waals surface area contributed by atoms with Crippen molar-refractivity contribution >= 4 is 32.6 Å². The number of anilines is 1. The molecule has 0 bridgehead atoms. The lowest BCUT2D eigenvalue weighted by molar-refractivity contribution is 0.0944. The molecule has 2 aromatic carbocycles. The highest BCUT2D eigenvalue weighted by atomic mass is 32.1. The van der Waals surface area contributed by atoms with E-state index in [2.05, 4.69) is 15.1 Å². The van der Waals surface area contributed by atoms with Gasteiger partial charge >= 0.3 is 0 Å². The second-order valence-electron chi connectivity index (χ2n) is 7.77. The summed E-state index contributed by atoms with van der Waals surface area (Å²) in [6.07, 6.45) is 0. The van der Waals surface area contributed by atoms with Crippen LogP contribution < -0.4 is 29.2 Å². The first-order chi connectivity index (χ1) is 16.6. The van der Waals surface area contributed by atoms with Crippen LogP contribution in [0.25, 0.3) is 10.2 Å². The number of benzene rings is 2. The van der Waals surface area contributed by atoms with Crippen molar-refractivity contribution in [2.45, 2.75) is 0 Å². The van der Waals surface area contributed by atoms with E-state index in [9.17, 15) is 4.79 Å². The molecule has 0 aliphatic carbocycles. The largest absolute Gasteiger partial charge is 0.495 e. The Bertz CT molecular complexity index is 1100. The molecule has 0 atom stereocenters. The van der Waals surface area contributed by atoms with E-state index in [4.69, 9.17) is 23.9 Å². The maximum Gasteiger partial charge on any atom is 0.255 e. The zero-order valence-corrected chi connectivity index (χ0v) is 20.7. The van der Waals surface area contributed by atoms with Gasteiger partial charge < -0.3 is 29.2 Å². The summed E-state index contributed by atoms with van der Waals surface area (Å²) in [4.78, 5) is 22.1. The summed E-state index contributed by atoms with van der Waals surface area (Å²) in [7, 11) is 6.41. The van der Waals surface area contributed by atoms with Gasteiger partial charge in [0.1, 0.15) is 21.7 Å². The third-order valence-electron chi connectivity index (χ3n) is 5.90. The molecule has 10 heteroatoms. The van der Waals surface area contributed by atoms with Gasteiger partial charge in [0.15, 0.2) is 16.6 Å². The van der Waals surface area contributed by atoms with E-state index in [1.807, 2.05) is 12.1 Å². The van der Waals surface area contributed by atoms with Crippen molar-refractivity contribution in [2.24, 2.45) is 0 Å². The number of thiazole rings is 1. The molecule has 1 aromatic heterocycles. The van der Waals surface area contributed by atoms with Crippen molar-refractivity contribution in [1.82, 2.24) is 15.2 Å². The predicted octanol–water partition coefficient (Wildman–Crippen LogP) is 2.88. The number of amides is 1. The van der Waals surface area contributed by atoms with E-state index in [0.717, 1.165) is 59.6 Å². The number of piperazine rings is 1. The van der Waals surface area contributed by atoms with Gasteiger partial charge in [-0.15, -0.1) is 0 Å². The van der Waals surface area contributed by atoms with E-state index in [1.54, 1.807) is 50.9 Å². The highest BCUT2D eigenvalue weighted by Crippen LogP contribution is 2.40. The van der Waals surface area contributed by atoms with Gasteiger partial charge in [-0.2, -0.15) is 0 Å². The van der Waals surface area contributed by atoms with Crippen LogP contribution in [0, 0.1) is 0 Å². The number of nitrogens with zero attached hydrogens (tertiary/aromatic N) is 3. The average Bonchev–Trinajstić information content (AvgIpc) is 3.33. The van der Waals surface area contributed by atoms with Crippen LogP contribution in [0.4, 0.5) is 5.13 Å². The van der Waals surface area contributed by atoms with Gasteiger partial charge in [-0.25, -0.2) is 4.98 Å². The van der Waals surface area contributed by atoms with Crippen LogP contribution in [-0.2, 0) is 0 Å². The molecule has 1 fully saturated rings. The molecule has 0 saturated carbocycles. The monoisotopic (exact) mass is 486 g/mol. The van der Waals surface area contributed by atoms with Crippen LogP contribution in [0.5, 0.6) is 23.0 Å². The normalized spacial score (nSPS) is 14.2. The number of aromatic nitrogens is 1. The Morgan fingerprint density at radius 3 is 2.32 bits per heavy atom. The van der Waals surface area contributed by atoms with Crippen LogP contribution in [0.3, 0.4) is 0 Å².